The van der Waals surface area contributed by atoms with Gasteiger partial charge >= 0.3 is 6.03 Å². The van der Waals surface area contributed by atoms with Crippen molar-refractivity contribution in [3.63, 3.8) is 0 Å². The Hall–Kier alpha value is -3.66. The molecule has 1 aromatic heterocycles. The molecule has 0 saturated heterocycles. The van der Waals surface area contributed by atoms with Crippen LogP contribution in [0.25, 0.3) is 10.9 Å². The molecule has 4 heteroatoms. The summed E-state index contributed by atoms with van der Waals surface area (Å²) in [5, 5.41) is 3.97. The number of anilines is 3. The molecular weight excluding hydrogens is 322 g/mol. The van der Waals surface area contributed by atoms with E-state index in [-0.39, 0.29) is 6.03 Å². The van der Waals surface area contributed by atoms with Crippen LogP contribution >= 0.6 is 0 Å². The first-order valence-electron chi connectivity index (χ1n) is 8.37. The molecule has 0 saturated carbocycles. The van der Waals surface area contributed by atoms with E-state index in [0.29, 0.717) is 0 Å². The first-order chi connectivity index (χ1) is 12.8. The Morgan fingerprint density at radius 1 is 0.769 bits per heavy atom. The van der Waals surface area contributed by atoms with Crippen molar-refractivity contribution in [2.24, 2.45) is 0 Å². The number of carbonyl (C=O) groups is 1. The van der Waals surface area contributed by atoms with E-state index in [2.05, 4.69) is 10.3 Å². The van der Waals surface area contributed by atoms with Gasteiger partial charge in [0.25, 0.3) is 0 Å². The molecular formula is C22H17N3O. The minimum absolute atomic E-state index is 0.217. The van der Waals surface area contributed by atoms with Crippen molar-refractivity contribution in [2.45, 2.75) is 0 Å². The van der Waals surface area contributed by atoms with Gasteiger partial charge in [-0.2, -0.15) is 0 Å². The van der Waals surface area contributed by atoms with E-state index < -0.39 is 0 Å². The van der Waals surface area contributed by atoms with Gasteiger partial charge < -0.3 is 5.32 Å². The molecule has 0 atom stereocenters. The second kappa shape index (κ2) is 7.07. The maximum absolute atomic E-state index is 13.0. The van der Waals surface area contributed by atoms with Crippen molar-refractivity contribution >= 4 is 34.0 Å². The zero-order valence-electron chi connectivity index (χ0n) is 14.0. The van der Waals surface area contributed by atoms with Crippen molar-refractivity contribution in [1.29, 1.82) is 0 Å². The molecule has 0 unspecified atom stereocenters. The number of para-hydroxylation sites is 2. The lowest BCUT2D eigenvalue weighted by Gasteiger charge is -2.23. The fourth-order valence-electron chi connectivity index (χ4n) is 2.87. The van der Waals surface area contributed by atoms with Gasteiger partial charge in [-0.3, -0.25) is 9.88 Å². The lowest BCUT2D eigenvalue weighted by Crippen LogP contribution is -2.30. The first-order valence-corrected chi connectivity index (χ1v) is 8.37. The Balaban J connectivity index is 1.68. The molecule has 4 aromatic rings. The molecule has 1 N–H and O–H groups in total. The molecule has 0 aliphatic rings. The van der Waals surface area contributed by atoms with Gasteiger partial charge in [0.1, 0.15) is 0 Å². The molecule has 1 heterocycles. The average Bonchev–Trinajstić information content (AvgIpc) is 2.70. The van der Waals surface area contributed by atoms with Crippen LogP contribution in [0, 0.1) is 0 Å². The largest absolute Gasteiger partial charge is 0.330 e. The molecule has 4 rings (SSSR count). The predicted molar refractivity (Wildman–Crippen MR) is 106 cm³/mol. The number of fused-ring (bicyclic) bond motifs is 1. The van der Waals surface area contributed by atoms with Gasteiger partial charge in [-0.25, -0.2) is 4.79 Å². The number of benzene rings is 3. The third-order valence-corrected chi connectivity index (χ3v) is 4.09. The van der Waals surface area contributed by atoms with Gasteiger partial charge in [-0.15, -0.1) is 0 Å². The Kier molecular flexibility index (Phi) is 4.31. The van der Waals surface area contributed by atoms with E-state index in [9.17, 15) is 4.79 Å². The van der Waals surface area contributed by atoms with Crippen LogP contribution in [0.3, 0.4) is 0 Å². The quantitative estimate of drug-likeness (QED) is 0.527. The number of nitrogens with zero attached hydrogens (tertiary/aromatic N) is 2. The van der Waals surface area contributed by atoms with E-state index in [4.69, 9.17) is 0 Å². The third kappa shape index (κ3) is 3.26. The lowest BCUT2D eigenvalue weighted by atomic mass is 10.2. The molecule has 3 aromatic carbocycles. The number of aromatic nitrogens is 1. The van der Waals surface area contributed by atoms with Gasteiger partial charge in [0.15, 0.2) is 0 Å². The summed E-state index contributed by atoms with van der Waals surface area (Å²) < 4.78 is 0. The van der Waals surface area contributed by atoms with Crippen LogP contribution in [0.15, 0.2) is 97.2 Å². The van der Waals surface area contributed by atoms with E-state index >= 15 is 0 Å². The Bertz CT molecular complexity index is 993. The summed E-state index contributed by atoms with van der Waals surface area (Å²) >= 11 is 0. The summed E-state index contributed by atoms with van der Waals surface area (Å²) in [5.41, 5.74) is 3.23. The molecule has 0 bridgehead atoms. The maximum Gasteiger partial charge on any atom is 0.330 e. The number of carbonyl (C=O) groups excluding carboxylic acids is 1. The smallest absolute Gasteiger partial charge is 0.307 e. The SMILES string of the molecule is O=C(Nc1ccc2ncccc2c1)N(c1ccccc1)c1ccccc1. The highest BCUT2D eigenvalue weighted by Gasteiger charge is 2.17. The van der Waals surface area contributed by atoms with Crippen LogP contribution in [-0.4, -0.2) is 11.0 Å². The highest BCUT2D eigenvalue weighted by Crippen LogP contribution is 2.26. The van der Waals surface area contributed by atoms with Crippen molar-refractivity contribution in [3.05, 3.63) is 97.2 Å². The van der Waals surface area contributed by atoms with Crippen molar-refractivity contribution in [3.8, 4) is 0 Å². The van der Waals surface area contributed by atoms with Gasteiger partial charge in [-0.1, -0.05) is 42.5 Å². The number of pyridine rings is 1. The van der Waals surface area contributed by atoms with Crippen LogP contribution in [-0.2, 0) is 0 Å². The minimum Gasteiger partial charge on any atom is -0.307 e. The molecule has 26 heavy (non-hydrogen) atoms. The fraction of sp³-hybridized carbons (Fsp3) is 0. The zero-order valence-corrected chi connectivity index (χ0v) is 14.0. The molecule has 0 aliphatic carbocycles. The minimum atomic E-state index is -0.217. The number of nitrogens with one attached hydrogen (secondary N) is 1. The summed E-state index contributed by atoms with van der Waals surface area (Å²) in [5.74, 6) is 0. The zero-order chi connectivity index (χ0) is 17.8. The Morgan fingerprint density at radius 2 is 1.42 bits per heavy atom. The molecule has 4 nitrogen and oxygen atoms in total. The molecule has 0 radical (unpaired) electrons. The van der Waals surface area contributed by atoms with Gasteiger partial charge in [0, 0.05) is 17.3 Å². The number of amides is 2. The predicted octanol–water partition coefficient (Wildman–Crippen LogP) is 5.61. The standard InChI is InChI=1S/C22H17N3O/c26-22(24-18-13-14-21-17(16-18)8-7-15-23-21)25(19-9-3-1-4-10-19)20-11-5-2-6-12-20/h1-16H,(H,24,26). The average molecular weight is 339 g/mol. The molecule has 0 fully saturated rings. The summed E-state index contributed by atoms with van der Waals surface area (Å²) in [7, 11) is 0. The van der Waals surface area contributed by atoms with Gasteiger partial charge in [0.05, 0.1) is 16.9 Å². The van der Waals surface area contributed by atoms with E-state index in [1.54, 1.807) is 11.1 Å². The first kappa shape index (κ1) is 15.8. The van der Waals surface area contributed by atoms with Crippen molar-refractivity contribution in [1.82, 2.24) is 4.98 Å². The monoisotopic (exact) mass is 339 g/mol. The van der Waals surface area contributed by atoms with E-state index in [1.807, 2.05) is 91.0 Å². The molecule has 0 aliphatic heterocycles. The van der Waals surface area contributed by atoms with E-state index in [1.165, 1.54) is 0 Å². The third-order valence-electron chi connectivity index (χ3n) is 4.09. The Morgan fingerprint density at radius 3 is 2.08 bits per heavy atom. The summed E-state index contributed by atoms with van der Waals surface area (Å²) in [6.07, 6.45) is 1.76. The maximum atomic E-state index is 13.0. The second-order valence-corrected chi connectivity index (χ2v) is 5.85. The highest BCUT2D eigenvalue weighted by molar-refractivity contribution is 6.07. The van der Waals surface area contributed by atoms with E-state index in [0.717, 1.165) is 28.0 Å². The van der Waals surface area contributed by atoms with Crippen molar-refractivity contribution < 1.29 is 4.79 Å². The second-order valence-electron chi connectivity index (χ2n) is 5.85. The highest BCUT2D eigenvalue weighted by atomic mass is 16.2. The lowest BCUT2D eigenvalue weighted by molar-refractivity contribution is 0.259. The Labute approximate surface area is 151 Å². The summed E-state index contributed by atoms with van der Waals surface area (Å²) in [4.78, 5) is 19.0. The van der Waals surface area contributed by atoms with Crippen LogP contribution in [0.4, 0.5) is 21.9 Å². The van der Waals surface area contributed by atoms with Crippen LogP contribution in [0.5, 0.6) is 0 Å². The van der Waals surface area contributed by atoms with Crippen LogP contribution in [0.2, 0.25) is 0 Å². The van der Waals surface area contributed by atoms with Crippen LogP contribution in [0.1, 0.15) is 0 Å². The van der Waals surface area contributed by atoms with Gasteiger partial charge in [-0.05, 0) is 48.5 Å². The van der Waals surface area contributed by atoms with Crippen LogP contribution < -0.4 is 10.2 Å². The van der Waals surface area contributed by atoms with Gasteiger partial charge in [0.2, 0.25) is 0 Å². The number of hydrogen-bond acceptors (Lipinski definition) is 2. The number of hydrogen-bond donors (Lipinski definition) is 1. The van der Waals surface area contributed by atoms with Crippen molar-refractivity contribution in [2.75, 3.05) is 10.2 Å². The number of urea groups is 1. The topological polar surface area (TPSA) is 45.2 Å². The molecule has 126 valence electrons. The summed E-state index contributed by atoms with van der Waals surface area (Å²) in [6.45, 7) is 0. The summed E-state index contributed by atoms with van der Waals surface area (Å²) in [6, 6.07) is 28.5. The normalized spacial score (nSPS) is 10.5. The molecule has 0 spiro atoms. The molecule has 2 amide bonds. The number of rotatable bonds is 3. The fourth-order valence-corrected chi connectivity index (χ4v) is 2.87.